The molecule has 5 heteroatoms. The predicted octanol–water partition coefficient (Wildman–Crippen LogP) is 2.68. The van der Waals surface area contributed by atoms with Crippen LogP contribution in [-0.4, -0.2) is 17.4 Å². The van der Waals surface area contributed by atoms with Crippen LogP contribution in [0.15, 0.2) is 34.9 Å². The molecule has 2 aromatic rings. The third kappa shape index (κ3) is 2.56. The van der Waals surface area contributed by atoms with E-state index in [1.54, 1.807) is 4.90 Å². The van der Waals surface area contributed by atoms with Gasteiger partial charge in [-0.1, -0.05) is 31.5 Å². The first-order chi connectivity index (χ1) is 10.2. The SMILES string of the molecule is CCCC(N)c1nc(C(=O)N2CCc3ccccc32)co1. The van der Waals surface area contributed by atoms with Gasteiger partial charge in [0.15, 0.2) is 5.69 Å². The highest BCUT2D eigenvalue weighted by Crippen LogP contribution is 2.29. The molecule has 0 spiro atoms. The molecule has 0 bridgehead atoms. The summed E-state index contributed by atoms with van der Waals surface area (Å²) < 4.78 is 5.36. The maximum absolute atomic E-state index is 12.6. The molecule has 0 saturated heterocycles. The van der Waals surface area contributed by atoms with Crippen LogP contribution in [0.3, 0.4) is 0 Å². The van der Waals surface area contributed by atoms with Crippen LogP contribution in [0.5, 0.6) is 0 Å². The molecular weight excluding hydrogens is 266 g/mol. The number of oxazole rings is 1. The Morgan fingerprint density at radius 3 is 3.10 bits per heavy atom. The first-order valence-electron chi connectivity index (χ1n) is 7.31. The van der Waals surface area contributed by atoms with E-state index in [4.69, 9.17) is 10.2 Å². The van der Waals surface area contributed by atoms with E-state index in [2.05, 4.69) is 11.9 Å². The lowest BCUT2D eigenvalue weighted by atomic mass is 10.2. The molecule has 1 unspecified atom stereocenters. The summed E-state index contributed by atoms with van der Waals surface area (Å²) in [6.07, 6.45) is 4.03. The van der Waals surface area contributed by atoms with E-state index in [1.165, 1.54) is 11.8 Å². The smallest absolute Gasteiger partial charge is 0.280 e. The predicted molar refractivity (Wildman–Crippen MR) is 80.2 cm³/mol. The molecule has 1 aliphatic rings. The number of para-hydroxylation sites is 1. The minimum absolute atomic E-state index is 0.126. The average molecular weight is 285 g/mol. The second-order valence-corrected chi connectivity index (χ2v) is 5.30. The number of rotatable bonds is 4. The van der Waals surface area contributed by atoms with Gasteiger partial charge >= 0.3 is 0 Å². The van der Waals surface area contributed by atoms with E-state index in [0.29, 0.717) is 18.1 Å². The van der Waals surface area contributed by atoms with E-state index in [0.717, 1.165) is 24.9 Å². The quantitative estimate of drug-likeness (QED) is 0.937. The number of aromatic nitrogens is 1. The molecular formula is C16H19N3O2. The molecule has 5 nitrogen and oxygen atoms in total. The van der Waals surface area contributed by atoms with Crippen molar-refractivity contribution in [1.29, 1.82) is 0 Å². The summed E-state index contributed by atoms with van der Waals surface area (Å²) in [7, 11) is 0. The minimum Gasteiger partial charge on any atom is -0.446 e. The summed E-state index contributed by atoms with van der Waals surface area (Å²) in [5, 5.41) is 0. The van der Waals surface area contributed by atoms with Crippen molar-refractivity contribution in [1.82, 2.24) is 4.98 Å². The van der Waals surface area contributed by atoms with Gasteiger partial charge in [-0.25, -0.2) is 4.98 Å². The fourth-order valence-electron chi connectivity index (χ4n) is 2.68. The van der Waals surface area contributed by atoms with Crippen molar-refractivity contribution in [2.45, 2.75) is 32.2 Å². The van der Waals surface area contributed by atoms with Gasteiger partial charge in [0, 0.05) is 12.2 Å². The Balaban J connectivity index is 1.81. The summed E-state index contributed by atoms with van der Waals surface area (Å²) in [5.41, 5.74) is 8.45. The van der Waals surface area contributed by atoms with Crippen LogP contribution >= 0.6 is 0 Å². The van der Waals surface area contributed by atoms with Crippen LogP contribution in [-0.2, 0) is 6.42 Å². The van der Waals surface area contributed by atoms with Crippen LogP contribution < -0.4 is 10.6 Å². The molecule has 3 rings (SSSR count). The Kier molecular flexibility index (Phi) is 3.75. The summed E-state index contributed by atoms with van der Waals surface area (Å²) in [6.45, 7) is 2.73. The van der Waals surface area contributed by atoms with Gasteiger partial charge in [0.1, 0.15) is 6.26 Å². The van der Waals surface area contributed by atoms with Crippen LogP contribution in [0.1, 0.15) is 47.7 Å². The van der Waals surface area contributed by atoms with Crippen molar-refractivity contribution in [3.8, 4) is 0 Å². The molecule has 2 heterocycles. The number of hydrogen-bond donors (Lipinski definition) is 1. The Morgan fingerprint density at radius 2 is 2.29 bits per heavy atom. The minimum atomic E-state index is -0.248. The molecule has 1 aromatic carbocycles. The fourth-order valence-corrected chi connectivity index (χ4v) is 2.68. The molecule has 1 aromatic heterocycles. The first-order valence-corrected chi connectivity index (χ1v) is 7.31. The summed E-state index contributed by atoms with van der Waals surface area (Å²) >= 11 is 0. The lowest BCUT2D eigenvalue weighted by molar-refractivity contribution is 0.0984. The fraction of sp³-hybridized carbons (Fsp3) is 0.375. The monoisotopic (exact) mass is 285 g/mol. The number of anilines is 1. The molecule has 110 valence electrons. The van der Waals surface area contributed by atoms with Crippen molar-refractivity contribution in [2.75, 3.05) is 11.4 Å². The number of carbonyl (C=O) groups excluding carboxylic acids is 1. The molecule has 0 aliphatic carbocycles. The van der Waals surface area contributed by atoms with E-state index in [9.17, 15) is 4.79 Å². The van der Waals surface area contributed by atoms with Gasteiger partial charge in [-0.2, -0.15) is 0 Å². The molecule has 21 heavy (non-hydrogen) atoms. The Morgan fingerprint density at radius 1 is 1.48 bits per heavy atom. The van der Waals surface area contributed by atoms with Crippen LogP contribution in [0, 0.1) is 0 Å². The normalized spacial score (nSPS) is 15.0. The second-order valence-electron chi connectivity index (χ2n) is 5.30. The number of nitrogens with zero attached hydrogens (tertiary/aromatic N) is 2. The number of nitrogens with two attached hydrogens (primary N) is 1. The zero-order valence-corrected chi connectivity index (χ0v) is 12.1. The van der Waals surface area contributed by atoms with Crippen molar-refractivity contribution in [3.63, 3.8) is 0 Å². The van der Waals surface area contributed by atoms with Crippen molar-refractivity contribution < 1.29 is 9.21 Å². The zero-order chi connectivity index (χ0) is 14.8. The number of benzene rings is 1. The summed E-state index contributed by atoms with van der Waals surface area (Å²) in [6, 6.07) is 7.70. The van der Waals surface area contributed by atoms with Gasteiger partial charge < -0.3 is 15.1 Å². The topological polar surface area (TPSA) is 72.4 Å². The van der Waals surface area contributed by atoms with Crippen LogP contribution in [0.25, 0.3) is 0 Å². The molecule has 1 aliphatic heterocycles. The largest absolute Gasteiger partial charge is 0.446 e. The number of carbonyl (C=O) groups is 1. The average Bonchev–Trinajstić information content (AvgIpc) is 3.14. The standard InChI is InChI=1S/C16H19N3O2/c1-2-5-12(17)15-18-13(10-21-15)16(20)19-9-8-11-6-3-4-7-14(11)19/h3-4,6-7,10,12H,2,5,8-9,17H2,1H3. The van der Waals surface area contributed by atoms with Gasteiger partial charge in [0.05, 0.1) is 6.04 Å². The second kappa shape index (κ2) is 5.69. The first kappa shape index (κ1) is 13.8. The molecule has 0 radical (unpaired) electrons. The molecule has 0 saturated carbocycles. The highest BCUT2D eigenvalue weighted by molar-refractivity contribution is 6.05. The molecule has 0 fully saturated rings. The maximum atomic E-state index is 12.6. The van der Waals surface area contributed by atoms with E-state index >= 15 is 0 Å². The number of hydrogen-bond acceptors (Lipinski definition) is 4. The van der Waals surface area contributed by atoms with Gasteiger partial charge in [-0.15, -0.1) is 0 Å². The van der Waals surface area contributed by atoms with Gasteiger partial charge in [-0.05, 0) is 24.5 Å². The van der Waals surface area contributed by atoms with E-state index in [1.807, 2.05) is 24.3 Å². The highest BCUT2D eigenvalue weighted by Gasteiger charge is 2.27. The third-order valence-corrected chi connectivity index (χ3v) is 3.79. The summed E-state index contributed by atoms with van der Waals surface area (Å²) in [5.74, 6) is 0.311. The van der Waals surface area contributed by atoms with Gasteiger partial charge in [0.2, 0.25) is 5.89 Å². The molecule has 1 atom stereocenters. The van der Waals surface area contributed by atoms with Crippen LogP contribution in [0.2, 0.25) is 0 Å². The Labute approximate surface area is 123 Å². The highest BCUT2D eigenvalue weighted by atomic mass is 16.3. The van der Waals surface area contributed by atoms with Crippen molar-refractivity contribution in [2.24, 2.45) is 5.73 Å². The lowest BCUT2D eigenvalue weighted by Gasteiger charge is -2.15. The van der Waals surface area contributed by atoms with E-state index < -0.39 is 0 Å². The van der Waals surface area contributed by atoms with Crippen molar-refractivity contribution in [3.05, 3.63) is 47.7 Å². The Bertz CT molecular complexity index is 650. The molecule has 2 N–H and O–H groups in total. The number of fused-ring (bicyclic) bond motifs is 1. The van der Waals surface area contributed by atoms with Crippen molar-refractivity contribution >= 4 is 11.6 Å². The lowest BCUT2D eigenvalue weighted by Crippen LogP contribution is -2.29. The molecule has 1 amide bonds. The van der Waals surface area contributed by atoms with Crippen LogP contribution in [0.4, 0.5) is 5.69 Å². The van der Waals surface area contributed by atoms with E-state index in [-0.39, 0.29) is 11.9 Å². The van der Waals surface area contributed by atoms with Gasteiger partial charge in [0.25, 0.3) is 5.91 Å². The summed E-state index contributed by atoms with van der Waals surface area (Å²) in [4.78, 5) is 18.6. The third-order valence-electron chi connectivity index (χ3n) is 3.79. The van der Waals surface area contributed by atoms with Gasteiger partial charge in [-0.3, -0.25) is 4.79 Å². The Hall–Kier alpha value is -2.14. The number of amides is 1. The zero-order valence-electron chi connectivity index (χ0n) is 12.1. The maximum Gasteiger partial charge on any atom is 0.280 e.